The fraction of sp³-hybridized carbons (Fsp3) is 0.217. The molecule has 37 heavy (non-hydrogen) atoms. The SMILES string of the molecule is CCOP(=O)(O)Cc1nnc2c(=O)[nH]c3cc(C(F)(F)F)c(-n4cc(C)nc4-c4ccccc4)cc3n12. The molecule has 0 radical (unpaired) electrons. The lowest BCUT2D eigenvalue weighted by Crippen LogP contribution is -2.16. The third kappa shape index (κ3) is 4.57. The minimum atomic E-state index is -4.78. The van der Waals surface area contributed by atoms with E-state index in [9.17, 15) is 27.4 Å². The zero-order valence-corrected chi connectivity index (χ0v) is 20.4. The van der Waals surface area contributed by atoms with Gasteiger partial charge in [0.25, 0.3) is 5.56 Å². The summed E-state index contributed by atoms with van der Waals surface area (Å²) in [6.45, 7) is 3.15. The molecule has 0 saturated heterocycles. The Morgan fingerprint density at radius 1 is 1.16 bits per heavy atom. The van der Waals surface area contributed by atoms with Gasteiger partial charge in [-0.15, -0.1) is 10.2 Å². The van der Waals surface area contributed by atoms with E-state index in [1.807, 2.05) is 0 Å². The van der Waals surface area contributed by atoms with Gasteiger partial charge >= 0.3 is 13.8 Å². The number of alkyl halides is 3. The van der Waals surface area contributed by atoms with Crippen LogP contribution in [0.25, 0.3) is 33.8 Å². The minimum Gasteiger partial charge on any atom is -0.324 e. The van der Waals surface area contributed by atoms with Gasteiger partial charge in [0, 0.05) is 11.8 Å². The summed E-state index contributed by atoms with van der Waals surface area (Å²) in [6, 6.07) is 10.8. The second kappa shape index (κ2) is 8.94. The van der Waals surface area contributed by atoms with E-state index in [4.69, 9.17) is 4.52 Å². The molecule has 5 aromatic rings. The summed E-state index contributed by atoms with van der Waals surface area (Å²) in [5, 5.41) is 7.65. The summed E-state index contributed by atoms with van der Waals surface area (Å²) >= 11 is 0. The maximum Gasteiger partial charge on any atom is 0.418 e. The van der Waals surface area contributed by atoms with Crippen LogP contribution in [0.2, 0.25) is 0 Å². The van der Waals surface area contributed by atoms with Gasteiger partial charge in [-0.05, 0) is 26.0 Å². The fourth-order valence-corrected chi connectivity index (χ4v) is 5.24. The number of fused-ring (bicyclic) bond motifs is 3. The molecule has 2 aromatic carbocycles. The number of hydrogen-bond donors (Lipinski definition) is 2. The summed E-state index contributed by atoms with van der Waals surface area (Å²) in [5.74, 6) is 0.171. The second-order valence-corrected chi connectivity index (χ2v) is 10.1. The quantitative estimate of drug-likeness (QED) is 0.309. The molecule has 14 heteroatoms. The van der Waals surface area contributed by atoms with Crippen LogP contribution in [-0.4, -0.2) is 40.6 Å². The van der Waals surface area contributed by atoms with E-state index in [2.05, 4.69) is 20.2 Å². The summed E-state index contributed by atoms with van der Waals surface area (Å²) in [7, 11) is -4.16. The van der Waals surface area contributed by atoms with Gasteiger partial charge in [0.2, 0.25) is 5.65 Å². The Balaban J connectivity index is 1.85. The van der Waals surface area contributed by atoms with Crippen molar-refractivity contribution in [2.45, 2.75) is 26.2 Å². The van der Waals surface area contributed by atoms with E-state index in [1.165, 1.54) is 28.2 Å². The Morgan fingerprint density at radius 2 is 1.89 bits per heavy atom. The first-order chi connectivity index (χ1) is 17.5. The molecule has 0 bridgehead atoms. The van der Waals surface area contributed by atoms with Gasteiger partial charge in [-0.3, -0.25) is 18.3 Å². The molecule has 0 fully saturated rings. The molecule has 3 aromatic heterocycles. The molecule has 0 aliphatic carbocycles. The standard InChI is InChI=1S/C23H20F3N6O4P/c1-3-36-37(34,35)12-19-29-30-21-22(33)28-16-9-15(23(24,25)26)17(10-18(16)32(19)21)31-11-13(2)27-20(31)14-7-5-4-6-8-14/h4-11H,3,12H2,1-2H3,(H,28,33)(H,34,35). The van der Waals surface area contributed by atoms with Gasteiger partial charge in [0.1, 0.15) is 17.8 Å². The highest BCUT2D eigenvalue weighted by atomic mass is 31.2. The van der Waals surface area contributed by atoms with E-state index >= 15 is 0 Å². The fourth-order valence-electron chi connectivity index (χ4n) is 4.18. The largest absolute Gasteiger partial charge is 0.418 e. The van der Waals surface area contributed by atoms with E-state index < -0.39 is 31.1 Å². The molecule has 0 saturated carbocycles. The molecule has 0 amide bonds. The molecular formula is C23H20F3N6O4P. The molecule has 2 N–H and O–H groups in total. The lowest BCUT2D eigenvalue weighted by Gasteiger charge is -2.17. The van der Waals surface area contributed by atoms with Crippen molar-refractivity contribution < 1.29 is 27.2 Å². The van der Waals surface area contributed by atoms with Crippen LogP contribution in [0.3, 0.4) is 0 Å². The third-order valence-corrected chi connectivity index (χ3v) is 6.98. The highest BCUT2D eigenvalue weighted by Gasteiger charge is 2.36. The second-order valence-electron chi connectivity index (χ2n) is 8.27. The molecule has 192 valence electrons. The van der Waals surface area contributed by atoms with Crippen molar-refractivity contribution in [3.8, 4) is 17.1 Å². The third-order valence-electron chi connectivity index (χ3n) is 5.63. The first-order valence-corrected chi connectivity index (χ1v) is 12.8. The van der Waals surface area contributed by atoms with Crippen LogP contribution < -0.4 is 5.56 Å². The first-order valence-electron chi connectivity index (χ1n) is 11.1. The normalized spacial score (nSPS) is 13.9. The number of rotatable bonds is 6. The zero-order chi connectivity index (χ0) is 26.5. The number of benzene rings is 2. The summed E-state index contributed by atoms with van der Waals surface area (Å²) < 4.78 is 62.7. The number of halogens is 3. The van der Waals surface area contributed by atoms with Crippen LogP contribution in [0.4, 0.5) is 13.2 Å². The van der Waals surface area contributed by atoms with Crippen molar-refractivity contribution >= 4 is 24.3 Å². The first kappa shape index (κ1) is 24.9. The molecule has 0 spiro atoms. The Bertz CT molecular complexity index is 1740. The zero-order valence-electron chi connectivity index (χ0n) is 19.5. The van der Waals surface area contributed by atoms with E-state index in [0.29, 0.717) is 11.3 Å². The average Bonchev–Trinajstić information content (AvgIpc) is 3.42. The summed E-state index contributed by atoms with van der Waals surface area (Å²) in [6.07, 6.45) is -3.91. The van der Waals surface area contributed by atoms with Gasteiger partial charge in [0.05, 0.1) is 34.6 Å². The van der Waals surface area contributed by atoms with Crippen molar-refractivity contribution in [3.63, 3.8) is 0 Å². The van der Waals surface area contributed by atoms with Crippen LogP contribution in [0.5, 0.6) is 0 Å². The topological polar surface area (TPSA) is 127 Å². The highest BCUT2D eigenvalue weighted by Crippen LogP contribution is 2.45. The predicted molar refractivity (Wildman–Crippen MR) is 129 cm³/mol. The maximum atomic E-state index is 14.3. The van der Waals surface area contributed by atoms with Crippen LogP contribution in [-0.2, 0) is 21.4 Å². The Hall–Kier alpha value is -3.80. The molecule has 0 aliphatic rings. The van der Waals surface area contributed by atoms with E-state index in [0.717, 1.165) is 6.07 Å². The Morgan fingerprint density at radius 3 is 2.57 bits per heavy atom. The Kier molecular flexibility index (Phi) is 6.01. The molecule has 10 nitrogen and oxygen atoms in total. The number of aromatic nitrogens is 6. The maximum absolute atomic E-state index is 14.3. The highest BCUT2D eigenvalue weighted by molar-refractivity contribution is 7.51. The van der Waals surface area contributed by atoms with Gasteiger partial charge in [-0.25, -0.2) is 4.98 Å². The van der Waals surface area contributed by atoms with Crippen molar-refractivity contribution in [2.75, 3.05) is 6.61 Å². The number of aromatic amines is 1. The van der Waals surface area contributed by atoms with Gasteiger partial charge in [-0.2, -0.15) is 13.2 Å². The Labute approximate surface area is 206 Å². The number of H-pyrrole nitrogens is 1. The molecule has 5 rings (SSSR count). The van der Waals surface area contributed by atoms with Crippen LogP contribution in [0.15, 0.2) is 53.5 Å². The van der Waals surface area contributed by atoms with Gasteiger partial charge < -0.3 is 14.4 Å². The molecule has 1 unspecified atom stereocenters. The number of hydrogen-bond acceptors (Lipinski definition) is 6. The van der Waals surface area contributed by atoms with E-state index in [1.54, 1.807) is 37.3 Å². The average molecular weight is 532 g/mol. The predicted octanol–water partition coefficient (Wildman–Crippen LogP) is 4.47. The number of nitrogens with one attached hydrogen (secondary N) is 1. The minimum absolute atomic E-state index is 0.0484. The van der Waals surface area contributed by atoms with Crippen LogP contribution in [0, 0.1) is 6.92 Å². The number of nitrogens with zero attached hydrogens (tertiary/aromatic N) is 5. The van der Waals surface area contributed by atoms with Crippen LogP contribution >= 0.6 is 7.60 Å². The van der Waals surface area contributed by atoms with E-state index in [-0.39, 0.29) is 40.6 Å². The van der Waals surface area contributed by atoms with Crippen LogP contribution in [0.1, 0.15) is 24.0 Å². The molecule has 0 aliphatic heterocycles. The number of imidazole rings is 1. The summed E-state index contributed by atoms with van der Waals surface area (Å²) in [4.78, 5) is 29.6. The van der Waals surface area contributed by atoms with Gasteiger partial charge in [0.15, 0.2) is 0 Å². The molecular weight excluding hydrogens is 512 g/mol. The monoisotopic (exact) mass is 532 g/mol. The van der Waals surface area contributed by atoms with Crippen molar-refractivity contribution in [1.82, 2.24) is 29.1 Å². The molecule has 3 heterocycles. The lowest BCUT2D eigenvalue weighted by atomic mass is 10.1. The van der Waals surface area contributed by atoms with Crippen molar-refractivity contribution in [3.05, 3.63) is 76.1 Å². The number of aryl methyl sites for hydroxylation is 1. The smallest absolute Gasteiger partial charge is 0.324 e. The summed E-state index contributed by atoms with van der Waals surface area (Å²) in [5.41, 5.74) is -1.29. The molecule has 1 atom stereocenters. The van der Waals surface area contributed by atoms with Crippen molar-refractivity contribution in [1.29, 1.82) is 0 Å². The van der Waals surface area contributed by atoms with Crippen molar-refractivity contribution in [2.24, 2.45) is 0 Å². The lowest BCUT2D eigenvalue weighted by molar-refractivity contribution is -0.137. The van der Waals surface area contributed by atoms with Gasteiger partial charge in [-0.1, -0.05) is 30.3 Å².